The summed E-state index contributed by atoms with van der Waals surface area (Å²) in [6.45, 7) is 1.92. The lowest BCUT2D eigenvalue weighted by atomic mass is 10.1. The SMILES string of the molecule is Cc1cccc(C#N)c1Oc1ccc2oc(-c3ccc4ccc(Cl)cc4n3)cc2c1. The van der Waals surface area contributed by atoms with E-state index in [4.69, 9.17) is 20.8 Å². The first-order valence-electron chi connectivity index (χ1n) is 9.38. The fourth-order valence-corrected chi connectivity index (χ4v) is 3.60. The third-order valence-corrected chi connectivity index (χ3v) is 5.18. The molecule has 144 valence electrons. The molecular weight excluding hydrogens is 396 g/mol. The normalized spacial score (nSPS) is 11.0. The molecule has 0 radical (unpaired) electrons. The average molecular weight is 411 g/mol. The summed E-state index contributed by atoms with van der Waals surface area (Å²) in [5.74, 6) is 1.87. The van der Waals surface area contributed by atoms with Gasteiger partial charge in [-0.05, 0) is 61.0 Å². The van der Waals surface area contributed by atoms with Gasteiger partial charge in [0.05, 0.1) is 11.1 Å². The van der Waals surface area contributed by atoms with Crippen LogP contribution in [-0.2, 0) is 0 Å². The Bertz CT molecular complexity index is 1460. The number of pyridine rings is 1. The van der Waals surface area contributed by atoms with Crippen LogP contribution in [0.3, 0.4) is 0 Å². The zero-order valence-corrected chi connectivity index (χ0v) is 16.8. The van der Waals surface area contributed by atoms with Crippen molar-refractivity contribution in [2.45, 2.75) is 6.92 Å². The molecule has 5 aromatic rings. The third kappa shape index (κ3) is 3.26. The van der Waals surface area contributed by atoms with E-state index in [0.717, 1.165) is 33.1 Å². The summed E-state index contributed by atoms with van der Waals surface area (Å²) in [5.41, 5.74) is 3.68. The quantitative estimate of drug-likeness (QED) is 0.313. The Morgan fingerprint density at radius 3 is 2.70 bits per heavy atom. The molecular formula is C25H15ClN2O2. The Labute approximate surface area is 177 Å². The number of aromatic nitrogens is 1. The lowest BCUT2D eigenvalue weighted by Gasteiger charge is -2.10. The first-order valence-corrected chi connectivity index (χ1v) is 9.76. The van der Waals surface area contributed by atoms with Gasteiger partial charge >= 0.3 is 0 Å². The van der Waals surface area contributed by atoms with Gasteiger partial charge in [0.15, 0.2) is 5.76 Å². The number of benzene rings is 3. The van der Waals surface area contributed by atoms with Crippen LogP contribution in [0.25, 0.3) is 33.3 Å². The zero-order valence-electron chi connectivity index (χ0n) is 16.0. The van der Waals surface area contributed by atoms with Crippen LogP contribution in [0.1, 0.15) is 11.1 Å². The van der Waals surface area contributed by atoms with E-state index in [1.807, 2.05) is 73.7 Å². The lowest BCUT2D eigenvalue weighted by Crippen LogP contribution is -1.91. The Hall–Kier alpha value is -3.81. The number of hydrogen-bond donors (Lipinski definition) is 0. The van der Waals surface area contributed by atoms with Crippen molar-refractivity contribution in [3.05, 3.63) is 88.9 Å². The summed E-state index contributed by atoms with van der Waals surface area (Å²) < 4.78 is 12.0. The van der Waals surface area contributed by atoms with Gasteiger partial charge in [-0.3, -0.25) is 0 Å². The smallest absolute Gasteiger partial charge is 0.153 e. The maximum absolute atomic E-state index is 9.35. The molecule has 0 aliphatic rings. The summed E-state index contributed by atoms with van der Waals surface area (Å²) in [4.78, 5) is 4.68. The first-order chi connectivity index (χ1) is 14.6. The summed E-state index contributed by atoms with van der Waals surface area (Å²) >= 11 is 6.10. The van der Waals surface area contributed by atoms with Crippen molar-refractivity contribution in [2.75, 3.05) is 0 Å². The van der Waals surface area contributed by atoms with E-state index in [0.29, 0.717) is 27.8 Å². The number of aryl methyl sites for hydroxylation is 1. The highest BCUT2D eigenvalue weighted by Crippen LogP contribution is 2.34. The molecule has 2 heterocycles. The van der Waals surface area contributed by atoms with Gasteiger partial charge in [0, 0.05) is 15.8 Å². The Balaban J connectivity index is 1.53. The summed E-state index contributed by atoms with van der Waals surface area (Å²) in [5, 5.41) is 11.9. The van der Waals surface area contributed by atoms with Crippen LogP contribution in [0, 0.1) is 18.3 Å². The van der Waals surface area contributed by atoms with Crippen LogP contribution < -0.4 is 4.74 Å². The number of nitrogens with zero attached hydrogens (tertiary/aromatic N) is 2. The molecule has 0 bridgehead atoms. The molecule has 0 fully saturated rings. The molecule has 30 heavy (non-hydrogen) atoms. The number of fused-ring (bicyclic) bond motifs is 2. The van der Waals surface area contributed by atoms with Crippen LogP contribution in [0.2, 0.25) is 5.02 Å². The topological polar surface area (TPSA) is 59.0 Å². The van der Waals surface area contributed by atoms with E-state index in [1.54, 1.807) is 6.07 Å². The van der Waals surface area contributed by atoms with Crippen molar-refractivity contribution in [3.63, 3.8) is 0 Å². The number of halogens is 1. The molecule has 0 amide bonds. The minimum Gasteiger partial charge on any atom is -0.456 e. The molecule has 0 saturated carbocycles. The monoisotopic (exact) mass is 410 g/mol. The fourth-order valence-electron chi connectivity index (χ4n) is 3.43. The largest absolute Gasteiger partial charge is 0.456 e. The molecule has 0 aliphatic carbocycles. The van der Waals surface area contributed by atoms with Gasteiger partial charge in [-0.1, -0.05) is 35.9 Å². The van der Waals surface area contributed by atoms with E-state index >= 15 is 0 Å². The number of rotatable bonds is 3. The fraction of sp³-hybridized carbons (Fsp3) is 0.0400. The maximum atomic E-state index is 9.35. The summed E-state index contributed by atoms with van der Waals surface area (Å²) in [6, 6.07) is 24.8. The number of furan rings is 1. The van der Waals surface area contributed by atoms with E-state index in [1.165, 1.54) is 0 Å². The molecule has 2 aromatic heterocycles. The van der Waals surface area contributed by atoms with Gasteiger partial charge in [0.1, 0.15) is 28.8 Å². The predicted octanol–water partition coefficient (Wildman–Crippen LogP) is 7.27. The highest BCUT2D eigenvalue weighted by molar-refractivity contribution is 6.31. The van der Waals surface area contributed by atoms with Gasteiger partial charge in [-0.2, -0.15) is 5.26 Å². The van der Waals surface area contributed by atoms with Gasteiger partial charge in [-0.25, -0.2) is 4.98 Å². The zero-order chi connectivity index (χ0) is 20.7. The Morgan fingerprint density at radius 1 is 0.967 bits per heavy atom. The van der Waals surface area contributed by atoms with Gasteiger partial charge in [0.25, 0.3) is 0 Å². The minimum atomic E-state index is 0.502. The second-order valence-corrected chi connectivity index (χ2v) is 7.45. The lowest BCUT2D eigenvalue weighted by molar-refractivity contribution is 0.478. The highest BCUT2D eigenvalue weighted by Gasteiger charge is 2.12. The molecule has 0 spiro atoms. The maximum Gasteiger partial charge on any atom is 0.153 e. The van der Waals surface area contributed by atoms with E-state index in [-0.39, 0.29) is 0 Å². The number of nitriles is 1. The predicted molar refractivity (Wildman–Crippen MR) is 118 cm³/mol. The molecule has 5 rings (SSSR count). The van der Waals surface area contributed by atoms with Crippen molar-refractivity contribution in [1.82, 2.24) is 4.98 Å². The van der Waals surface area contributed by atoms with Gasteiger partial charge in [-0.15, -0.1) is 0 Å². The van der Waals surface area contributed by atoms with Crippen molar-refractivity contribution >= 4 is 33.5 Å². The van der Waals surface area contributed by atoms with Crippen LogP contribution >= 0.6 is 11.6 Å². The van der Waals surface area contributed by atoms with Crippen LogP contribution in [-0.4, -0.2) is 4.98 Å². The molecule has 0 N–H and O–H groups in total. The van der Waals surface area contributed by atoms with Crippen molar-refractivity contribution in [2.24, 2.45) is 0 Å². The Morgan fingerprint density at radius 2 is 1.83 bits per heavy atom. The molecule has 0 atom stereocenters. The number of ether oxygens (including phenoxy) is 1. The molecule has 0 unspecified atom stereocenters. The first kappa shape index (κ1) is 18.2. The van der Waals surface area contributed by atoms with Crippen molar-refractivity contribution in [1.29, 1.82) is 5.26 Å². The van der Waals surface area contributed by atoms with E-state index in [2.05, 4.69) is 11.1 Å². The molecule has 0 aliphatic heterocycles. The van der Waals surface area contributed by atoms with Crippen LogP contribution in [0.5, 0.6) is 11.5 Å². The van der Waals surface area contributed by atoms with Crippen molar-refractivity contribution < 1.29 is 9.15 Å². The highest BCUT2D eigenvalue weighted by atomic mass is 35.5. The minimum absolute atomic E-state index is 0.502. The molecule has 5 heteroatoms. The number of para-hydroxylation sites is 1. The van der Waals surface area contributed by atoms with Crippen LogP contribution in [0.4, 0.5) is 0 Å². The van der Waals surface area contributed by atoms with Gasteiger partial charge in [0.2, 0.25) is 0 Å². The molecule has 4 nitrogen and oxygen atoms in total. The van der Waals surface area contributed by atoms with Crippen molar-refractivity contribution in [3.8, 4) is 29.0 Å². The average Bonchev–Trinajstić information content (AvgIpc) is 3.18. The summed E-state index contributed by atoms with van der Waals surface area (Å²) in [6.07, 6.45) is 0. The summed E-state index contributed by atoms with van der Waals surface area (Å²) in [7, 11) is 0. The van der Waals surface area contributed by atoms with Crippen LogP contribution in [0.15, 0.2) is 77.2 Å². The standard InChI is InChI=1S/C25H15ClN2O2/c1-15-3-2-4-17(14-27)25(15)29-20-8-10-23-18(11-20)12-24(30-23)21-9-6-16-5-7-19(26)13-22(16)28-21/h2-13H,1H3. The van der Waals surface area contributed by atoms with E-state index < -0.39 is 0 Å². The second kappa shape index (κ2) is 7.22. The molecule has 3 aromatic carbocycles. The second-order valence-electron chi connectivity index (χ2n) is 7.01. The van der Waals surface area contributed by atoms with E-state index in [9.17, 15) is 5.26 Å². The Kier molecular flexibility index (Phi) is 4.39. The molecule has 0 saturated heterocycles. The number of hydrogen-bond acceptors (Lipinski definition) is 4. The van der Waals surface area contributed by atoms with Gasteiger partial charge < -0.3 is 9.15 Å². The third-order valence-electron chi connectivity index (χ3n) is 4.95.